The summed E-state index contributed by atoms with van der Waals surface area (Å²) in [5.41, 5.74) is 0. The van der Waals surface area contributed by atoms with E-state index in [4.69, 9.17) is 5.14 Å². The zero-order valence-corrected chi connectivity index (χ0v) is 10.3. The first-order valence-electron chi connectivity index (χ1n) is 5.74. The zero-order chi connectivity index (χ0) is 11.3. The fourth-order valence-electron chi connectivity index (χ4n) is 1.91. The van der Waals surface area contributed by atoms with Crippen LogP contribution in [0.2, 0.25) is 0 Å². The van der Waals surface area contributed by atoms with Crippen LogP contribution in [0.5, 0.6) is 0 Å². The summed E-state index contributed by atoms with van der Waals surface area (Å²) in [6.45, 7) is 5.10. The van der Waals surface area contributed by atoms with Crippen molar-refractivity contribution in [1.29, 1.82) is 0 Å². The van der Waals surface area contributed by atoms with Crippen LogP contribution in [0.4, 0.5) is 0 Å². The summed E-state index contributed by atoms with van der Waals surface area (Å²) in [6, 6.07) is 0. The Balaban J connectivity index is 2.15. The molecule has 0 bridgehead atoms. The second-order valence-corrected chi connectivity index (χ2v) is 6.14. The molecule has 0 unspecified atom stereocenters. The predicted molar refractivity (Wildman–Crippen MR) is 62.0 cm³/mol. The Morgan fingerprint density at radius 1 is 1.40 bits per heavy atom. The van der Waals surface area contributed by atoms with Gasteiger partial charge in [-0.05, 0) is 38.3 Å². The smallest absolute Gasteiger partial charge is 0.209 e. The first-order valence-corrected chi connectivity index (χ1v) is 7.45. The highest BCUT2D eigenvalue weighted by Gasteiger charge is 2.19. The van der Waals surface area contributed by atoms with Crippen molar-refractivity contribution in [2.45, 2.75) is 32.6 Å². The molecule has 0 aromatic heterocycles. The minimum absolute atomic E-state index is 0.105. The van der Waals surface area contributed by atoms with E-state index in [0.29, 0.717) is 6.42 Å². The molecule has 0 aliphatic heterocycles. The SMILES string of the molecule is CCN(CCCS(N)(=O)=O)CC1CCC1. The number of nitrogens with two attached hydrogens (primary N) is 1. The van der Waals surface area contributed by atoms with E-state index in [-0.39, 0.29) is 5.75 Å². The van der Waals surface area contributed by atoms with Crippen molar-refractivity contribution >= 4 is 10.0 Å². The molecule has 1 saturated carbocycles. The zero-order valence-electron chi connectivity index (χ0n) is 9.48. The van der Waals surface area contributed by atoms with Gasteiger partial charge in [-0.15, -0.1) is 0 Å². The Labute approximate surface area is 92.9 Å². The molecule has 90 valence electrons. The van der Waals surface area contributed by atoms with Gasteiger partial charge < -0.3 is 4.90 Å². The molecule has 1 aliphatic rings. The van der Waals surface area contributed by atoms with E-state index < -0.39 is 10.0 Å². The summed E-state index contributed by atoms with van der Waals surface area (Å²) in [5, 5.41) is 4.96. The summed E-state index contributed by atoms with van der Waals surface area (Å²) in [7, 11) is -3.27. The van der Waals surface area contributed by atoms with Gasteiger partial charge >= 0.3 is 0 Å². The van der Waals surface area contributed by atoms with Crippen molar-refractivity contribution < 1.29 is 8.42 Å². The van der Waals surface area contributed by atoms with Crippen molar-refractivity contribution in [3.63, 3.8) is 0 Å². The van der Waals surface area contributed by atoms with Crippen LogP contribution < -0.4 is 5.14 Å². The van der Waals surface area contributed by atoms with Gasteiger partial charge in [-0.25, -0.2) is 13.6 Å². The molecule has 0 aromatic carbocycles. The number of primary sulfonamides is 1. The van der Waals surface area contributed by atoms with Gasteiger partial charge in [-0.3, -0.25) is 0 Å². The van der Waals surface area contributed by atoms with Gasteiger partial charge in [0.15, 0.2) is 0 Å². The summed E-state index contributed by atoms with van der Waals surface area (Å²) in [5.74, 6) is 0.952. The van der Waals surface area contributed by atoms with E-state index in [1.807, 2.05) is 0 Å². The topological polar surface area (TPSA) is 63.4 Å². The number of rotatable bonds is 7. The lowest BCUT2D eigenvalue weighted by molar-refractivity contribution is 0.184. The van der Waals surface area contributed by atoms with Crippen molar-refractivity contribution in [2.24, 2.45) is 11.1 Å². The van der Waals surface area contributed by atoms with Crippen LogP contribution in [-0.4, -0.2) is 38.7 Å². The van der Waals surface area contributed by atoms with Gasteiger partial charge in [0.2, 0.25) is 10.0 Å². The molecule has 5 heteroatoms. The lowest BCUT2D eigenvalue weighted by Gasteiger charge is -2.31. The lowest BCUT2D eigenvalue weighted by atomic mass is 9.85. The van der Waals surface area contributed by atoms with E-state index >= 15 is 0 Å². The Hall–Kier alpha value is -0.130. The molecule has 15 heavy (non-hydrogen) atoms. The van der Waals surface area contributed by atoms with Crippen molar-refractivity contribution in [1.82, 2.24) is 4.90 Å². The highest BCUT2D eigenvalue weighted by Crippen LogP contribution is 2.26. The van der Waals surface area contributed by atoms with Crippen molar-refractivity contribution in [2.75, 3.05) is 25.4 Å². The molecule has 1 aliphatic carbocycles. The second kappa shape index (κ2) is 5.82. The average molecular weight is 234 g/mol. The van der Waals surface area contributed by atoms with E-state index in [1.54, 1.807) is 0 Å². The van der Waals surface area contributed by atoms with Gasteiger partial charge in [0.05, 0.1) is 5.75 Å². The second-order valence-electron chi connectivity index (χ2n) is 4.41. The third kappa shape index (κ3) is 5.49. The summed E-state index contributed by atoms with van der Waals surface area (Å²) < 4.78 is 21.5. The standard InChI is InChI=1S/C10H22N2O2S/c1-2-12(9-10-5-3-6-10)7-4-8-15(11,13)14/h10H,2-9H2,1H3,(H2,11,13,14). The number of nitrogens with zero attached hydrogens (tertiary/aromatic N) is 1. The maximum Gasteiger partial charge on any atom is 0.209 e. The summed E-state index contributed by atoms with van der Waals surface area (Å²) in [4.78, 5) is 2.33. The highest BCUT2D eigenvalue weighted by atomic mass is 32.2. The maximum atomic E-state index is 10.7. The molecular weight excluding hydrogens is 212 g/mol. The highest BCUT2D eigenvalue weighted by molar-refractivity contribution is 7.89. The molecule has 1 rings (SSSR count). The molecule has 0 atom stereocenters. The fourth-order valence-corrected chi connectivity index (χ4v) is 2.44. The van der Waals surface area contributed by atoms with Crippen molar-refractivity contribution in [3.05, 3.63) is 0 Å². The fraction of sp³-hybridized carbons (Fsp3) is 1.00. The Kier molecular flexibility index (Phi) is 5.02. The van der Waals surface area contributed by atoms with E-state index in [0.717, 1.165) is 25.6 Å². The molecule has 0 heterocycles. The number of hydrogen-bond donors (Lipinski definition) is 1. The van der Waals surface area contributed by atoms with Crippen LogP contribution in [0, 0.1) is 5.92 Å². The normalized spacial score (nSPS) is 18.1. The monoisotopic (exact) mass is 234 g/mol. The number of hydrogen-bond acceptors (Lipinski definition) is 3. The first-order chi connectivity index (χ1) is 7.01. The third-order valence-corrected chi connectivity index (χ3v) is 3.95. The Morgan fingerprint density at radius 2 is 2.07 bits per heavy atom. The predicted octanol–water partition coefficient (Wildman–Crippen LogP) is 0.787. The van der Waals surface area contributed by atoms with Crippen LogP contribution in [-0.2, 0) is 10.0 Å². The van der Waals surface area contributed by atoms with Gasteiger partial charge in [0.1, 0.15) is 0 Å². The molecular formula is C10H22N2O2S. The van der Waals surface area contributed by atoms with E-state index in [2.05, 4.69) is 11.8 Å². The Bertz CT molecular complexity index is 273. The molecule has 0 amide bonds. The molecule has 2 N–H and O–H groups in total. The van der Waals surface area contributed by atoms with Gasteiger partial charge in [-0.1, -0.05) is 13.3 Å². The minimum atomic E-state index is -3.27. The van der Waals surface area contributed by atoms with Gasteiger partial charge in [0.25, 0.3) is 0 Å². The van der Waals surface area contributed by atoms with Gasteiger partial charge in [-0.2, -0.15) is 0 Å². The van der Waals surface area contributed by atoms with Crippen LogP contribution in [0.25, 0.3) is 0 Å². The summed E-state index contributed by atoms with van der Waals surface area (Å²) >= 11 is 0. The van der Waals surface area contributed by atoms with Crippen LogP contribution in [0.15, 0.2) is 0 Å². The molecule has 4 nitrogen and oxygen atoms in total. The molecule has 0 spiro atoms. The molecule has 0 aromatic rings. The molecule has 0 radical (unpaired) electrons. The average Bonchev–Trinajstić information content (AvgIpc) is 2.05. The number of sulfonamides is 1. The quantitative estimate of drug-likeness (QED) is 0.708. The Morgan fingerprint density at radius 3 is 2.47 bits per heavy atom. The first kappa shape index (κ1) is 12.9. The largest absolute Gasteiger partial charge is 0.303 e. The molecule has 0 saturated heterocycles. The summed E-state index contributed by atoms with van der Waals surface area (Å²) in [6.07, 6.45) is 4.69. The van der Waals surface area contributed by atoms with Crippen LogP contribution >= 0.6 is 0 Å². The molecule has 1 fully saturated rings. The minimum Gasteiger partial charge on any atom is -0.303 e. The maximum absolute atomic E-state index is 10.7. The van der Waals surface area contributed by atoms with E-state index in [1.165, 1.54) is 19.3 Å². The van der Waals surface area contributed by atoms with Crippen LogP contribution in [0.1, 0.15) is 32.6 Å². The van der Waals surface area contributed by atoms with Gasteiger partial charge in [0, 0.05) is 6.54 Å². The third-order valence-electron chi connectivity index (χ3n) is 3.09. The van der Waals surface area contributed by atoms with E-state index in [9.17, 15) is 8.42 Å². The van der Waals surface area contributed by atoms with Crippen molar-refractivity contribution in [3.8, 4) is 0 Å². The van der Waals surface area contributed by atoms with Crippen LogP contribution in [0.3, 0.4) is 0 Å². The lowest BCUT2D eigenvalue weighted by Crippen LogP contribution is -2.34.